The molecule has 0 amide bonds. The molecule has 3 rings (SSSR count). The molecule has 0 atom stereocenters. The van der Waals surface area contributed by atoms with Crippen LogP contribution >= 0.6 is 11.3 Å². The number of nitrogens with zero attached hydrogens (tertiary/aromatic N) is 3. The lowest BCUT2D eigenvalue weighted by molar-refractivity contribution is 1.06. The molecule has 0 fully saturated rings. The van der Waals surface area contributed by atoms with Gasteiger partial charge >= 0.3 is 0 Å². The minimum atomic E-state index is 0.606. The van der Waals surface area contributed by atoms with Gasteiger partial charge in [-0.15, -0.1) is 11.3 Å². The molecule has 0 spiro atoms. The predicted molar refractivity (Wildman–Crippen MR) is 82.2 cm³/mol. The Morgan fingerprint density at radius 2 is 2.20 bits per heavy atom. The Labute approximate surface area is 120 Å². The predicted octanol–water partition coefficient (Wildman–Crippen LogP) is 2.77. The molecule has 0 unspecified atom stereocenters. The van der Waals surface area contributed by atoms with Crippen LogP contribution in [0.3, 0.4) is 0 Å². The van der Waals surface area contributed by atoms with Crippen LogP contribution in [-0.4, -0.2) is 26.7 Å². The van der Waals surface area contributed by atoms with Gasteiger partial charge in [-0.3, -0.25) is 5.10 Å². The van der Waals surface area contributed by atoms with Crippen LogP contribution in [-0.2, 0) is 6.54 Å². The van der Waals surface area contributed by atoms with Crippen molar-refractivity contribution in [1.29, 1.82) is 0 Å². The lowest BCUT2D eigenvalue weighted by Crippen LogP contribution is -2.07. The van der Waals surface area contributed by atoms with Gasteiger partial charge in [-0.05, 0) is 30.9 Å². The quantitative estimate of drug-likeness (QED) is 0.673. The van der Waals surface area contributed by atoms with Crippen molar-refractivity contribution >= 4 is 34.1 Å². The Balaban J connectivity index is 1.89. The highest BCUT2D eigenvalue weighted by Crippen LogP contribution is 2.22. The summed E-state index contributed by atoms with van der Waals surface area (Å²) in [6.07, 6.45) is 1.74. The topological polar surface area (TPSA) is 78.5 Å². The van der Waals surface area contributed by atoms with Gasteiger partial charge in [0.05, 0.1) is 18.1 Å². The Morgan fingerprint density at radius 1 is 1.30 bits per heavy atom. The highest BCUT2D eigenvalue weighted by molar-refractivity contribution is 7.10. The average molecular weight is 288 g/mol. The first-order chi connectivity index (χ1) is 9.78. The number of anilines is 2. The second-order valence-electron chi connectivity index (χ2n) is 4.44. The number of aromatic amines is 1. The van der Waals surface area contributed by atoms with Crippen LogP contribution in [0.2, 0.25) is 0 Å². The van der Waals surface area contributed by atoms with Gasteiger partial charge < -0.3 is 10.6 Å². The SMILES string of the molecule is CCNc1nc(NCc2sccc2C)c2cn[nH]c2n1. The number of aromatic nitrogens is 4. The fourth-order valence-corrected chi connectivity index (χ4v) is 2.80. The van der Waals surface area contributed by atoms with Crippen molar-refractivity contribution < 1.29 is 0 Å². The standard InChI is InChI=1S/C13H16N6S/c1-3-14-13-17-11(9-6-16-19-12(9)18-13)15-7-10-8(2)4-5-20-10/h4-6H,3,7H2,1-2H3,(H3,14,15,16,17,18,19). The number of hydrogen-bond acceptors (Lipinski definition) is 6. The molecule has 20 heavy (non-hydrogen) atoms. The fraction of sp³-hybridized carbons (Fsp3) is 0.308. The van der Waals surface area contributed by atoms with Crippen LogP contribution in [0.1, 0.15) is 17.4 Å². The van der Waals surface area contributed by atoms with Crippen LogP contribution in [0, 0.1) is 6.92 Å². The van der Waals surface area contributed by atoms with Crippen molar-refractivity contribution in [3.05, 3.63) is 28.1 Å². The van der Waals surface area contributed by atoms with Crippen LogP contribution in [0.5, 0.6) is 0 Å². The maximum Gasteiger partial charge on any atom is 0.226 e. The van der Waals surface area contributed by atoms with E-state index in [1.807, 2.05) is 6.92 Å². The second kappa shape index (κ2) is 5.46. The van der Waals surface area contributed by atoms with Gasteiger partial charge in [0.1, 0.15) is 5.82 Å². The van der Waals surface area contributed by atoms with E-state index in [1.165, 1.54) is 10.4 Å². The van der Waals surface area contributed by atoms with Crippen molar-refractivity contribution in [3.63, 3.8) is 0 Å². The fourth-order valence-electron chi connectivity index (χ4n) is 1.96. The molecule has 0 bridgehead atoms. The van der Waals surface area contributed by atoms with Crippen LogP contribution in [0.4, 0.5) is 11.8 Å². The molecule has 0 aromatic carbocycles. The van der Waals surface area contributed by atoms with Gasteiger partial charge in [0.25, 0.3) is 0 Å². The molecule has 0 radical (unpaired) electrons. The van der Waals surface area contributed by atoms with Crippen LogP contribution in [0.25, 0.3) is 11.0 Å². The summed E-state index contributed by atoms with van der Waals surface area (Å²) in [5.74, 6) is 1.40. The molecule has 7 heteroatoms. The minimum absolute atomic E-state index is 0.606. The number of hydrogen-bond donors (Lipinski definition) is 3. The lowest BCUT2D eigenvalue weighted by atomic mass is 10.3. The monoisotopic (exact) mass is 288 g/mol. The minimum Gasteiger partial charge on any atom is -0.364 e. The molecule has 3 aromatic heterocycles. The van der Waals surface area contributed by atoms with Gasteiger partial charge in [-0.1, -0.05) is 0 Å². The molecule has 0 aliphatic heterocycles. The maximum absolute atomic E-state index is 4.50. The Bertz CT molecular complexity index is 717. The molecule has 0 saturated carbocycles. The first-order valence-corrected chi connectivity index (χ1v) is 7.37. The molecular formula is C13H16N6S. The summed E-state index contributed by atoms with van der Waals surface area (Å²) >= 11 is 1.75. The third-order valence-corrected chi connectivity index (χ3v) is 4.05. The number of fused-ring (bicyclic) bond motifs is 1. The highest BCUT2D eigenvalue weighted by atomic mass is 32.1. The van der Waals surface area contributed by atoms with E-state index >= 15 is 0 Å². The Hall–Kier alpha value is -2.15. The summed E-state index contributed by atoms with van der Waals surface area (Å²) < 4.78 is 0. The molecule has 3 N–H and O–H groups in total. The van der Waals surface area contributed by atoms with E-state index in [9.17, 15) is 0 Å². The summed E-state index contributed by atoms with van der Waals surface area (Å²) in [4.78, 5) is 10.2. The van der Waals surface area contributed by atoms with E-state index in [1.54, 1.807) is 17.5 Å². The molecule has 0 saturated heterocycles. The van der Waals surface area contributed by atoms with Crippen molar-refractivity contribution in [2.75, 3.05) is 17.2 Å². The van der Waals surface area contributed by atoms with Gasteiger partial charge in [0, 0.05) is 11.4 Å². The number of H-pyrrole nitrogens is 1. The normalized spacial score (nSPS) is 10.9. The summed E-state index contributed by atoms with van der Waals surface area (Å²) in [7, 11) is 0. The molecule has 3 aromatic rings. The number of aryl methyl sites for hydroxylation is 1. The molecule has 3 heterocycles. The van der Waals surface area contributed by atoms with Crippen molar-refractivity contribution in [3.8, 4) is 0 Å². The zero-order valence-corrected chi connectivity index (χ0v) is 12.2. The summed E-state index contributed by atoms with van der Waals surface area (Å²) in [6.45, 7) is 5.67. The largest absolute Gasteiger partial charge is 0.364 e. The second-order valence-corrected chi connectivity index (χ2v) is 5.44. The summed E-state index contributed by atoms with van der Waals surface area (Å²) in [5, 5.41) is 16.4. The van der Waals surface area contributed by atoms with Crippen LogP contribution < -0.4 is 10.6 Å². The highest BCUT2D eigenvalue weighted by Gasteiger charge is 2.09. The zero-order chi connectivity index (χ0) is 13.9. The van der Waals surface area contributed by atoms with Crippen molar-refractivity contribution in [2.24, 2.45) is 0 Å². The summed E-state index contributed by atoms with van der Waals surface area (Å²) in [5.41, 5.74) is 2.04. The average Bonchev–Trinajstić information content (AvgIpc) is 3.05. The maximum atomic E-state index is 4.50. The number of rotatable bonds is 5. The summed E-state index contributed by atoms with van der Waals surface area (Å²) in [6, 6.07) is 2.12. The Kier molecular flexibility index (Phi) is 3.51. The smallest absolute Gasteiger partial charge is 0.226 e. The van der Waals surface area contributed by atoms with E-state index in [0.717, 1.165) is 29.9 Å². The van der Waals surface area contributed by atoms with Crippen LogP contribution in [0.15, 0.2) is 17.6 Å². The first kappa shape index (κ1) is 12.9. The number of thiophene rings is 1. The van der Waals surface area contributed by atoms with E-state index in [0.29, 0.717) is 5.95 Å². The zero-order valence-electron chi connectivity index (χ0n) is 11.4. The molecule has 6 nitrogen and oxygen atoms in total. The van der Waals surface area contributed by atoms with Crippen molar-refractivity contribution in [1.82, 2.24) is 20.2 Å². The van der Waals surface area contributed by atoms with E-state index in [4.69, 9.17) is 0 Å². The first-order valence-electron chi connectivity index (χ1n) is 6.49. The number of nitrogens with one attached hydrogen (secondary N) is 3. The molecule has 104 valence electrons. The Morgan fingerprint density at radius 3 is 2.95 bits per heavy atom. The van der Waals surface area contributed by atoms with Gasteiger partial charge in [0.15, 0.2) is 5.65 Å². The van der Waals surface area contributed by atoms with E-state index < -0.39 is 0 Å². The van der Waals surface area contributed by atoms with Crippen molar-refractivity contribution in [2.45, 2.75) is 20.4 Å². The lowest BCUT2D eigenvalue weighted by Gasteiger charge is -2.08. The van der Waals surface area contributed by atoms with Gasteiger partial charge in [-0.2, -0.15) is 15.1 Å². The molecule has 0 aliphatic carbocycles. The molecule has 0 aliphatic rings. The third-order valence-electron chi connectivity index (χ3n) is 3.03. The van der Waals surface area contributed by atoms with Gasteiger partial charge in [-0.25, -0.2) is 0 Å². The molecular weight excluding hydrogens is 272 g/mol. The third kappa shape index (κ3) is 2.44. The van der Waals surface area contributed by atoms with Gasteiger partial charge in [0.2, 0.25) is 5.95 Å². The van der Waals surface area contributed by atoms with E-state index in [2.05, 4.69) is 49.2 Å². The van der Waals surface area contributed by atoms with E-state index in [-0.39, 0.29) is 0 Å².